The van der Waals surface area contributed by atoms with Gasteiger partial charge in [0.15, 0.2) is 5.78 Å². The molecule has 0 aliphatic carbocycles. The third-order valence-electron chi connectivity index (χ3n) is 3.62. The van der Waals surface area contributed by atoms with Crippen molar-refractivity contribution < 1.29 is 9.59 Å². The normalized spacial score (nSPS) is 10.2. The molecule has 3 aromatic rings. The maximum Gasteiger partial charge on any atom is 0.254 e. The molecule has 3 rings (SSSR count). The fraction of sp³-hybridized carbons (Fsp3) is 0.105. The van der Waals surface area contributed by atoms with Crippen LogP contribution < -0.4 is 10.6 Å². The quantitative estimate of drug-likeness (QED) is 0.666. The Hall–Kier alpha value is -3.61. The van der Waals surface area contributed by atoms with Crippen molar-refractivity contribution in [2.75, 3.05) is 5.32 Å². The number of carbonyl (C=O) groups excluding carboxylic acids is 2. The highest BCUT2D eigenvalue weighted by molar-refractivity contribution is 5.95. The van der Waals surface area contributed by atoms with E-state index in [0.717, 1.165) is 5.56 Å². The van der Waals surface area contributed by atoms with Crippen molar-refractivity contribution in [3.8, 4) is 0 Å². The Morgan fingerprint density at radius 3 is 2.50 bits per heavy atom. The zero-order valence-corrected chi connectivity index (χ0v) is 14.1. The van der Waals surface area contributed by atoms with Crippen molar-refractivity contribution in [1.82, 2.24) is 20.3 Å². The van der Waals surface area contributed by atoms with Gasteiger partial charge in [-0.25, -0.2) is 9.97 Å². The molecule has 2 N–H and O–H groups in total. The van der Waals surface area contributed by atoms with Crippen molar-refractivity contribution in [2.24, 2.45) is 0 Å². The molecule has 130 valence electrons. The predicted molar refractivity (Wildman–Crippen MR) is 97.2 cm³/mol. The second-order valence-electron chi connectivity index (χ2n) is 5.60. The van der Waals surface area contributed by atoms with Gasteiger partial charge in [0, 0.05) is 42.6 Å². The highest BCUT2D eigenvalue weighted by Gasteiger charge is 2.08. The first-order valence-corrected chi connectivity index (χ1v) is 7.99. The van der Waals surface area contributed by atoms with Crippen LogP contribution in [0.5, 0.6) is 0 Å². The van der Waals surface area contributed by atoms with Crippen LogP contribution in [0.25, 0.3) is 0 Å². The summed E-state index contributed by atoms with van der Waals surface area (Å²) >= 11 is 0. The van der Waals surface area contributed by atoms with Crippen molar-refractivity contribution in [3.05, 3.63) is 77.9 Å². The second kappa shape index (κ2) is 7.98. The molecule has 7 nitrogen and oxygen atoms in total. The summed E-state index contributed by atoms with van der Waals surface area (Å²) in [6.45, 7) is 1.89. The molecule has 7 heteroatoms. The first kappa shape index (κ1) is 17.2. The van der Waals surface area contributed by atoms with E-state index in [9.17, 15) is 9.59 Å². The number of Topliss-reactive ketones (excluding diaryl/α,β-unsaturated/α-hetero) is 1. The van der Waals surface area contributed by atoms with Gasteiger partial charge in [0.2, 0.25) is 5.95 Å². The minimum absolute atomic E-state index is 0.0183. The van der Waals surface area contributed by atoms with Gasteiger partial charge in [-0.2, -0.15) is 0 Å². The number of amides is 1. The number of nitrogens with zero attached hydrogens (tertiary/aromatic N) is 3. The summed E-state index contributed by atoms with van der Waals surface area (Å²) in [6, 6.07) is 10.7. The van der Waals surface area contributed by atoms with Gasteiger partial charge in [-0.3, -0.25) is 14.6 Å². The molecule has 0 atom stereocenters. The summed E-state index contributed by atoms with van der Waals surface area (Å²) in [5, 5.41) is 5.80. The van der Waals surface area contributed by atoms with Crippen LogP contribution in [0, 0.1) is 0 Å². The first-order chi connectivity index (χ1) is 12.6. The van der Waals surface area contributed by atoms with E-state index in [1.807, 2.05) is 18.2 Å². The summed E-state index contributed by atoms with van der Waals surface area (Å²) in [7, 11) is 0. The summed E-state index contributed by atoms with van der Waals surface area (Å²) in [6.07, 6.45) is 6.27. The Balaban J connectivity index is 1.62. The van der Waals surface area contributed by atoms with Gasteiger partial charge in [0.05, 0.1) is 5.56 Å². The largest absolute Gasteiger partial charge is 0.348 e. The summed E-state index contributed by atoms with van der Waals surface area (Å²) in [4.78, 5) is 35.9. The molecule has 0 saturated carbocycles. The number of pyridine rings is 1. The van der Waals surface area contributed by atoms with Crippen LogP contribution in [0.4, 0.5) is 11.6 Å². The molecular formula is C19H17N5O2. The van der Waals surface area contributed by atoms with Gasteiger partial charge in [-0.15, -0.1) is 0 Å². The number of rotatable bonds is 6. The third-order valence-corrected chi connectivity index (χ3v) is 3.62. The molecule has 0 saturated heterocycles. The molecule has 0 spiro atoms. The Morgan fingerprint density at radius 1 is 1.00 bits per heavy atom. The van der Waals surface area contributed by atoms with Crippen LogP contribution in [0.2, 0.25) is 0 Å². The van der Waals surface area contributed by atoms with Crippen LogP contribution in [0.3, 0.4) is 0 Å². The molecule has 0 unspecified atom stereocenters. The molecular weight excluding hydrogens is 330 g/mol. The topological polar surface area (TPSA) is 96.9 Å². The average molecular weight is 347 g/mol. The average Bonchev–Trinajstić information content (AvgIpc) is 2.68. The molecule has 0 radical (unpaired) electrons. The third kappa shape index (κ3) is 4.47. The van der Waals surface area contributed by atoms with E-state index in [2.05, 4.69) is 25.6 Å². The standard InChI is InChI=1S/C19H17N5O2/c1-13(25)15-5-2-6-17(8-15)24-19-22-11-16(12-23-19)18(26)21-10-14-4-3-7-20-9-14/h2-9,11-12H,10H2,1H3,(H,21,26)(H,22,23,24). The second-order valence-corrected chi connectivity index (χ2v) is 5.60. The van der Waals surface area contributed by atoms with Gasteiger partial charge >= 0.3 is 0 Å². The van der Waals surface area contributed by atoms with E-state index in [4.69, 9.17) is 0 Å². The van der Waals surface area contributed by atoms with Crippen LogP contribution in [0.1, 0.15) is 33.2 Å². The summed E-state index contributed by atoms with van der Waals surface area (Å²) in [5.41, 5.74) is 2.57. The van der Waals surface area contributed by atoms with E-state index in [1.54, 1.807) is 30.6 Å². The van der Waals surface area contributed by atoms with Crippen LogP contribution in [-0.4, -0.2) is 26.6 Å². The zero-order valence-electron chi connectivity index (χ0n) is 14.1. The summed E-state index contributed by atoms with van der Waals surface area (Å²) < 4.78 is 0. The Bertz CT molecular complexity index is 911. The van der Waals surface area contributed by atoms with Gasteiger partial charge < -0.3 is 10.6 Å². The lowest BCUT2D eigenvalue weighted by atomic mass is 10.1. The van der Waals surface area contributed by atoms with E-state index in [0.29, 0.717) is 29.3 Å². The number of hydrogen-bond acceptors (Lipinski definition) is 6. The van der Waals surface area contributed by atoms with Crippen LogP contribution in [0.15, 0.2) is 61.2 Å². The highest BCUT2D eigenvalue weighted by Crippen LogP contribution is 2.15. The molecule has 2 heterocycles. The lowest BCUT2D eigenvalue weighted by Crippen LogP contribution is -2.23. The Labute approximate surface area is 150 Å². The van der Waals surface area contributed by atoms with Crippen molar-refractivity contribution in [3.63, 3.8) is 0 Å². The minimum atomic E-state index is -0.265. The van der Waals surface area contributed by atoms with E-state index < -0.39 is 0 Å². The number of ketones is 1. The molecule has 0 bridgehead atoms. The fourth-order valence-corrected chi connectivity index (χ4v) is 2.24. The van der Waals surface area contributed by atoms with Crippen molar-refractivity contribution in [1.29, 1.82) is 0 Å². The highest BCUT2D eigenvalue weighted by atomic mass is 16.1. The minimum Gasteiger partial charge on any atom is -0.348 e. The molecule has 0 fully saturated rings. The van der Waals surface area contributed by atoms with Gasteiger partial charge in [-0.05, 0) is 30.7 Å². The number of nitrogens with one attached hydrogen (secondary N) is 2. The van der Waals surface area contributed by atoms with Crippen molar-refractivity contribution in [2.45, 2.75) is 13.5 Å². The lowest BCUT2D eigenvalue weighted by molar-refractivity contribution is 0.0949. The van der Waals surface area contributed by atoms with Crippen LogP contribution >= 0.6 is 0 Å². The fourth-order valence-electron chi connectivity index (χ4n) is 2.24. The molecule has 1 amide bonds. The monoisotopic (exact) mass is 347 g/mol. The Morgan fingerprint density at radius 2 is 1.81 bits per heavy atom. The van der Waals surface area contributed by atoms with E-state index in [1.165, 1.54) is 19.3 Å². The van der Waals surface area contributed by atoms with Crippen LogP contribution in [-0.2, 0) is 6.54 Å². The Kier molecular flexibility index (Phi) is 5.28. The van der Waals surface area contributed by atoms with Gasteiger partial charge in [0.25, 0.3) is 5.91 Å². The lowest BCUT2D eigenvalue weighted by Gasteiger charge is -2.07. The van der Waals surface area contributed by atoms with E-state index >= 15 is 0 Å². The number of anilines is 2. The maximum atomic E-state index is 12.1. The summed E-state index contributed by atoms with van der Waals surface area (Å²) in [5.74, 6) is 0.0590. The number of benzene rings is 1. The van der Waals surface area contributed by atoms with Gasteiger partial charge in [0.1, 0.15) is 0 Å². The predicted octanol–water partition coefficient (Wildman–Crippen LogP) is 2.75. The smallest absolute Gasteiger partial charge is 0.254 e. The van der Waals surface area contributed by atoms with E-state index in [-0.39, 0.29) is 11.7 Å². The maximum absolute atomic E-state index is 12.1. The molecule has 1 aromatic carbocycles. The number of aromatic nitrogens is 3. The molecule has 2 aromatic heterocycles. The van der Waals surface area contributed by atoms with Gasteiger partial charge in [-0.1, -0.05) is 18.2 Å². The zero-order chi connectivity index (χ0) is 18.4. The number of carbonyl (C=O) groups is 2. The number of hydrogen-bond donors (Lipinski definition) is 2. The first-order valence-electron chi connectivity index (χ1n) is 7.99. The molecule has 0 aliphatic heterocycles. The van der Waals surface area contributed by atoms with Crippen molar-refractivity contribution >= 4 is 23.3 Å². The molecule has 26 heavy (non-hydrogen) atoms. The SMILES string of the molecule is CC(=O)c1cccc(Nc2ncc(C(=O)NCc3cccnc3)cn2)c1. The molecule has 0 aliphatic rings.